The molecule has 1 aliphatic rings. The molecule has 0 aliphatic carbocycles. The molecule has 0 saturated carbocycles. The van der Waals surface area contributed by atoms with Crippen LogP contribution in [0.3, 0.4) is 0 Å². The molecule has 1 heterocycles. The normalized spacial score (nSPS) is 21.9. The highest BCUT2D eigenvalue weighted by atomic mass is 19.1. The Bertz CT molecular complexity index is 327. The van der Waals surface area contributed by atoms with E-state index in [1.807, 2.05) is 12.1 Å². The van der Waals surface area contributed by atoms with Gasteiger partial charge < -0.3 is 5.32 Å². The van der Waals surface area contributed by atoms with Gasteiger partial charge in [0.2, 0.25) is 0 Å². The van der Waals surface area contributed by atoms with E-state index in [1.54, 1.807) is 12.1 Å². The number of benzene rings is 1. The molecular formula is C12H14FN. The third kappa shape index (κ3) is 2.20. The van der Waals surface area contributed by atoms with Crippen LogP contribution < -0.4 is 5.32 Å². The highest BCUT2D eigenvalue weighted by Crippen LogP contribution is 2.13. The highest BCUT2D eigenvalue weighted by Gasteiger charge is 2.10. The molecule has 1 aromatic rings. The van der Waals surface area contributed by atoms with E-state index in [1.165, 1.54) is 6.07 Å². The van der Waals surface area contributed by atoms with E-state index in [-0.39, 0.29) is 5.82 Å². The summed E-state index contributed by atoms with van der Waals surface area (Å²) in [7, 11) is 0. The first kappa shape index (κ1) is 9.41. The van der Waals surface area contributed by atoms with Crippen molar-refractivity contribution in [2.45, 2.75) is 6.42 Å². The Kier molecular flexibility index (Phi) is 2.94. The molecule has 1 aromatic carbocycles. The van der Waals surface area contributed by atoms with E-state index in [2.05, 4.69) is 11.4 Å². The van der Waals surface area contributed by atoms with Crippen molar-refractivity contribution in [1.82, 2.24) is 5.32 Å². The van der Waals surface area contributed by atoms with Gasteiger partial charge in [-0.25, -0.2) is 4.39 Å². The molecule has 1 atom stereocenters. The van der Waals surface area contributed by atoms with Crippen molar-refractivity contribution in [1.29, 1.82) is 0 Å². The van der Waals surface area contributed by atoms with Gasteiger partial charge in [0.25, 0.3) is 0 Å². The molecule has 1 fully saturated rings. The average Bonchev–Trinajstić information content (AvgIpc) is 2.69. The third-order valence-electron chi connectivity index (χ3n) is 2.55. The number of hydrogen-bond donors (Lipinski definition) is 1. The number of halogens is 1. The Morgan fingerprint density at radius 2 is 2.21 bits per heavy atom. The van der Waals surface area contributed by atoms with Crippen molar-refractivity contribution in [3.8, 4) is 0 Å². The lowest BCUT2D eigenvalue weighted by Gasteiger charge is -2.00. The molecule has 74 valence electrons. The van der Waals surface area contributed by atoms with E-state index < -0.39 is 0 Å². The zero-order chi connectivity index (χ0) is 9.80. The standard InChI is InChI=1S/C12H14FN/c13-12-4-2-1-3-11(12)6-5-10-7-8-14-9-10/h1-6,10,14H,7-9H2/b6-5+. The van der Waals surface area contributed by atoms with Crippen LogP contribution in [0, 0.1) is 11.7 Å². The molecule has 1 N–H and O–H groups in total. The Morgan fingerprint density at radius 1 is 1.36 bits per heavy atom. The summed E-state index contributed by atoms with van der Waals surface area (Å²) in [4.78, 5) is 0. The third-order valence-corrected chi connectivity index (χ3v) is 2.55. The molecule has 2 heteroatoms. The van der Waals surface area contributed by atoms with E-state index >= 15 is 0 Å². The van der Waals surface area contributed by atoms with Crippen molar-refractivity contribution < 1.29 is 4.39 Å². The Balaban J connectivity index is 2.06. The fraction of sp³-hybridized carbons (Fsp3) is 0.333. The second-order valence-corrected chi connectivity index (χ2v) is 3.63. The lowest BCUT2D eigenvalue weighted by Crippen LogP contribution is -2.07. The summed E-state index contributed by atoms with van der Waals surface area (Å²) in [5.74, 6) is 0.421. The minimum Gasteiger partial charge on any atom is -0.316 e. The molecule has 0 aromatic heterocycles. The predicted octanol–water partition coefficient (Wildman–Crippen LogP) is 2.45. The van der Waals surface area contributed by atoms with Crippen LogP contribution in [-0.4, -0.2) is 13.1 Å². The van der Waals surface area contributed by atoms with Crippen LogP contribution in [0.4, 0.5) is 4.39 Å². The molecule has 1 saturated heterocycles. The lowest BCUT2D eigenvalue weighted by atomic mass is 10.1. The van der Waals surface area contributed by atoms with Gasteiger partial charge in [0.05, 0.1) is 0 Å². The quantitative estimate of drug-likeness (QED) is 0.757. The van der Waals surface area contributed by atoms with Crippen LogP contribution in [0.15, 0.2) is 30.3 Å². The summed E-state index contributed by atoms with van der Waals surface area (Å²) in [6.45, 7) is 2.09. The lowest BCUT2D eigenvalue weighted by molar-refractivity contribution is 0.624. The summed E-state index contributed by atoms with van der Waals surface area (Å²) in [5.41, 5.74) is 0.680. The summed E-state index contributed by atoms with van der Waals surface area (Å²) in [5, 5.41) is 3.28. The second kappa shape index (κ2) is 4.38. The van der Waals surface area contributed by atoms with Crippen molar-refractivity contribution in [3.63, 3.8) is 0 Å². The second-order valence-electron chi connectivity index (χ2n) is 3.63. The molecule has 1 unspecified atom stereocenters. The topological polar surface area (TPSA) is 12.0 Å². The predicted molar refractivity (Wildman–Crippen MR) is 56.4 cm³/mol. The van der Waals surface area contributed by atoms with Gasteiger partial charge in [-0.1, -0.05) is 30.4 Å². The minimum atomic E-state index is -0.144. The van der Waals surface area contributed by atoms with Gasteiger partial charge >= 0.3 is 0 Å². The number of nitrogens with one attached hydrogen (secondary N) is 1. The molecular weight excluding hydrogens is 177 g/mol. The zero-order valence-corrected chi connectivity index (χ0v) is 8.04. The van der Waals surface area contributed by atoms with Gasteiger partial charge in [-0.3, -0.25) is 0 Å². The van der Waals surface area contributed by atoms with Gasteiger partial charge in [0, 0.05) is 12.1 Å². The average molecular weight is 191 g/mol. The molecule has 0 bridgehead atoms. The van der Waals surface area contributed by atoms with Gasteiger partial charge in [-0.05, 0) is 24.9 Å². The molecule has 0 amide bonds. The monoisotopic (exact) mass is 191 g/mol. The van der Waals surface area contributed by atoms with Gasteiger partial charge in [-0.2, -0.15) is 0 Å². The summed E-state index contributed by atoms with van der Waals surface area (Å²) < 4.78 is 13.2. The van der Waals surface area contributed by atoms with Crippen molar-refractivity contribution in [3.05, 3.63) is 41.7 Å². The molecule has 0 radical (unpaired) electrons. The van der Waals surface area contributed by atoms with E-state index in [0.29, 0.717) is 11.5 Å². The van der Waals surface area contributed by atoms with Crippen molar-refractivity contribution in [2.75, 3.05) is 13.1 Å². The number of hydrogen-bond acceptors (Lipinski definition) is 1. The van der Waals surface area contributed by atoms with Crippen LogP contribution in [0.2, 0.25) is 0 Å². The summed E-state index contributed by atoms with van der Waals surface area (Å²) in [6, 6.07) is 6.86. The fourth-order valence-electron chi connectivity index (χ4n) is 1.69. The molecule has 1 aliphatic heterocycles. The van der Waals surface area contributed by atoms with Gasteiger partial charge in [0.15, 0.2) is 0 Å². The largest absolute Gasteiger partial charge is 0.316 e. The van der Waals surface area contributed by atoms with Crippen LogP contribution in [-0.2, 0) is 0 Å². The SMILES string of the molecule is Fc1ccccc1/C=C/C1CCNC1. The number of rotatable bonds is 2. The Labute approximate surface area is 83.6 Å². The van der Waals surface area contributed by atoms with Crippen LogP contribution in [0.25, 0.3) is 6.08 Å². The molecule has 2 rings (SSSR count). The van der Waals surface area contributed by atoms with Crippen LogP contribution in [0.5, 0.6) is 0 Å². The summed E-state index contributed by atoms with van der Waals surface area (Å²) in [6.07, 6.45) is 5.14. The first-order valence-corrected chi connectivity index (χ1v) is 5.00. The van der Waals surface area contributed by atoms with Crippen LogP contribution in [0.1, 0.15) is 12.0 Å². The minimum absolute atomic E-state index is 0.144. The van der Waals surface area contributed by atoms with Crippen molar-refractivity contribution in [2.24, 2.45) is 5.92 Å². The van der Waals surface area contributed by atoms with Crippen molar-refractivity contribution >= 4 is 6.08 Å². The van der Waals surface area contributed by atoms with Crippen LogP contribution >= 0.6 is 0 Å². The highest BCUT2D eigenvalue weighted by molar-refractivity contribution is 5.50. The van der Waals surface area contributed by atoms with Gasteiger partial charge in [0.1, 0.15) is 5.82 Å². The first-order chi connectivity index (χ1) is 6.86. The maximum absolute atomic E-state index is 13.2. The Morgan fingerprint density at radius 3 is 2.93 bits per heavy atom. The Hall–Kier alpha value is -1.15. The smallest absolute Gasteiger partial charge is 0.130 e. The van der Waals surface area contributed by atoms with E-state index in [9.17, 15) is 4.39 Å². The molecule has 0 spiro atoms. The summed E-state index contributed by atoms with van der Waals surface area (Å²) >= 11 is 0. The zero-order valence-electron chi connectivity index (χ0n) is 8.04. The fourth-order valence-corrected chi connectivity index (χ4v) is 1.69. The molecule has 1 nitrogen and oxygen atoms in total. The molecule has 14 heavy (non-hydrogen) atoms. The maximum atomic E-state index is 13.2. The first-order valence-electron chi connectivity index (χ1n) is 5.00. The van der Waals surface area contributed by atoms with E-state index in [0.717, 1.165) is 19.5 Å². The maximum Gasteiger partial charge on any atom is 0.130 e. The van der Waals surface area contributed by atoms with E-state index in [4.69, 9.17) is 0 Å². The van der Waals surface area contributed by atoms with Gasteiger partial charge in [-0.15, -0.1) is 0 Å².